The van der Waals surface area contributed by atoms with Gasteiger partial charge in [-0.05, 0) is 40.2 Å². The van der Waals surface area contributed by atoms with Crippen LogP contribution in [0.15, 0.2) is 28.7 Å². The van der Waals surface area contributed by atoms with Crippen LogP contribution in [0.3, 0.4) is 0 Å². The number of rotatable bonds is 2. The normalized spacial score (nSPS) is 11.8. The van der Waals surface area contributed by atoms with E-state index < -0.39 is 11.6 Å². The molecule has 4 heteroatoms. The van der Waals surface area contributed by atoms with Crippen LogP contribution in [0.4, 0.5) is 8.78 Å². The van der Waals surface area contributed by atoms with Crippen molar-refractivity contribution in [3.63, 3.8) is 0 Å². The summed E-state index contributed by atoms with van der Waals surface area (Å²) in [5.41, 5.74) is 0.238. The lowest BCUT2D eigenvalue weighted by Crippen LogP contribution is -1.84. The number of halogens is 3. The van der Waals surface area contributed by atoms with Gasteiger partial charge in [0.25, 0.3) is 0 Å². The lowest BCUT2D eigenvalue weighted by atomic mass is 10.2. The fourth-order valence-electron chi connectivity index (χ4n) is 0.843. The second-order valence-corrected chi connectivity index (χ2v) is 3.22. The predicted octanol–water partition coefficient (Wildman–Crippen LogP) is 2.89. The van der Waals surface area contributed by atoms with Gasteiger partial charge in [-0.1, -0.05) is 0 Å². The van der Waals surface area contributed by atoms with Gasteiger partial charge < -0.3 is 5.11 Å². The van der Waals surface area contributed by atoms with Crippen molar-refractivity contribution in [1.29, 1.82) is 0 Å². The Morgan fingerprint density at radius 2 is 2.23 bits per heavy atom. The third-order valence-corrected chi connectivity index (χ3v) is 2.07. The van der Waals surface area contributed by atoms with Gasteiger partial charge in [0.05, 0.1) is 11.1 Å². The first-order chi connectivity index (χ1) is 6.15. The quantitative estimate of drug-likeness (QED) is 0.854. The monoisotopic (exact) mass is 248 g/mol. The van der Waals surface area contributed by atoms with Crippen molar-refractivity contribution in [2.45, 2.75) is 0 Å². The smallest absolute Gasteiger partial charge is 0.137 e. The van der Waals surface area contributed by atoms with Gasteiger partial charge in [0.1, 0.15) is 11.6 Å². The van der Waals surface area contributed by atoms with Crippen molar-refractivity contribution in [1.82, 2.24) is 0 Å². The first-order valence-corrected chi connectivity index (χ1v) is 4.36. The molecule has 1 nitrogen and oxygen atoms in total. The Kier molecular flexibility index (Phi) is 3.57. The molecule has 0 saturated heterocycles. The molecule has 0 aliphatic heterocycles. The van der Waals surface area contributed by atoms with Crippen LogP contribution in [-0.2, 0) is 0 Å². The van der Waals surface area contributed by atoms with Gasteiger partial charge in [-0.2, -0.15) is 0 Å². The molecule has 1 N–H and O–H groups in total. The minimum absolute atomic E-state index is 0.200. The fraction of sp³-hybridized carbons (Fsp3) is 0.111. The van der Waals surface area contributed by atoms with Crippen LogP contribution in [0.1, 0.15) is 5.56 Å². The van der Waals surface area contributed by atoms with Crippen molar-refractivity contribution in [3.8, 4) is 0 Å². The molecule has 0 heterocycles. The van der Waals surface area contributed by atoms with Crippen molar-refractivity contribution in [2.75, 3.05) is 6.61 Å². The standard InChI is InChI=1S/C9H7BrF2O/c10-7-5-6(1-2-9(7)12)8(11)3-4-13/h1-3,5,13H,4H2. The zero-order chi connectivity index (χ0) is 9.84. The molecule has 70 valence electrons. The van der Waals surface area contributed by atoms with E-state index in [0.29, 0.717) is 0 Å². The van der Waals surface area contributed by atoms with E-state index in [1.165, 1.54) is 12.1 Å². The lowest BCUT2D eigenvalue weighted by molar-refractivity contribution is 0.342. The summed E-state index contributed by atoms with van der Waals surface area (Å²) < 4.78 is 25.9. The van der Waals surface area contributed by atoms with Gasteiger partial charge in [-0.25, -0.2) is 8.78 Å². The maximum atomic E-state index is 13.0. The highest BCUT2D eigenvalue weighted by Gasteiger charge is 2.03. The first-order valence-electron chi connectivity index (χ1n) is 3.57. The van der Waals surface area contributed by atoms with Crippen LogP contribution >= 0.6 is 15.9 Å². The van der Waals surface area contributed by atoms with Crippen molar-refractivity contribution < 1.29 is 13.9 Å². The minimum Gasteiger partial charge on any atom is -0.392 e. The van der Waals surface area contributed by atoms with Gasteiger partial charge in [-0.15, -0.1) is 0 Å². The molecular weight excluding hydrogens is 242 g/mol. The molecule has 0 saturated carbocycles. The Morgan fingerprint density at radius 3 is 2.77 bits per heavy atom. The molecule has 0 amide bonds. The van der Waals surface area contributed by atoms with E-state index in [4.69, 9.17) is 5.11 Å². The molecule has 0 fully saturated rings. The fourth-order valence-corrected chi connectivity index (χ4v) is 1.22. The predicted molar refractivity (Wildman–Crippen MR) is 50.3 cm³/mol. The summed E-state index contributed by atoms with van der Waals surface area (Å²) in [6.45, 7) is -0.374. The average Bonchev–Trinajstić information content (AvgIpc) is 2.10. The molecule has 1 aromatic rings. The van der Waals surface area contributed by atoms with E-state index in [-0.39, 0.29) is 16.6 Å². The molecule has 1 aromatic carbocycles. The van der Waals surface area contributed by atoms with Crippen LogP contribution in [0.5, 0.6) is 0 Å². The van der Waals surface area contributed by atoms with Crippen LogP contribution in [0.25, 0.3) is 5.83 Å². The SMILES string of the molecule is OCC=C(F)c1ccc(F)c(Br)c1. The van der Waals surface area contributed by atoms with Gasteiger partial charge in [0, 0.05) is 5.56 Å². The highest BCUT2D eigenvalue weighted by Crippen LogP contribution is 2.22. The summed E-state index contributed by atoms with van der Waals surface area (Å²) in [5, 5.41) is 8.42. The molecule has 0 aliphatic carbocycles. The van der Waals surface area contributed by atoms with Crippen molar-refractivity contribution in [3.05, 3.63) is 40.1 Å². The van der Waals surface area contributed by atoms with Crippen LogP contribution in [-0.4, -0.2) is 11.7 Å². The lowest BCUT2D eigenvalue weighted by Gasteiger charge is -1.99. The van der Waals surface area contributed by atoms with E-state index in [1.54, 1.807) is 0 Å². The summed E-state index contributed by atoms with van der Waals surface area (Å²) in [4.78, 5) is 0. The molecule has 0 atom stereocenters. The Morgan fingerprint density at radius 1 is 1.54 bits per heavy atom. The largest absolute Gasteiger partial charge is 0.392 e. The molecule has 0 aliphatic rings. The van der Waals surface area contributed by atoms with E-state index in [2.05, 4.69) is 15.9 Å². The van der Waals surface area contributed by atoms with Crippen LogP contribution in [0, 0.1) is 5.82 Å². The maximum absolute atomic E-state index is 13.0. The summed E-state index contributed by atoms with van der Waals surface area (Å²) in [5.74, 6) is -1.01. The van der Waals surface area contributed by atoms with E-state index >= 15 is 0 Å². The minimum atomic E-state index is -0.566. The van der Waals surface area contributed by atoms with Crippen LogP contribution in [0.2, 0.25) is 0 Å². The molecule has 0 radical (unpaired) electrons. The van der Waals surface area contributed by atoms with Gasteiger partial charge in [0.2, 0.25) is 0 Å². The Balaban J connectivity index is 3.04. The third kappa shape index (κ3) is 2.60. The maximum Gasteiger partial charge on any atom is 0.137 e. The molecule has 13 heavy (non-hydrogen) atoms. The highest BCUT2D eigenvalue weighted by atomic mass is 79.9. The van der Waals surface area contributed by atoms with E-state index in [9.17, 15) is 8.78 Å². The molecular formula is C9H7BrF2O. The molecule has 0 spiro atoms. The zero-order valence-corrected chi connectivity index (χ0v) is 8.18. The van der Waals surface area contributed by atoms with Crippen molar-refractivity contribution in [2.24, 2.45) is 0 Å². The second kappa shape index (κ2) is 4.48. The van der Waals surface area contributed by atoms with Gasteiger partial charge in [0.15, 0.2) is 0 Å². The number of hydrogen-bond donors (Lipinski definition) is 1. The first kappa shape index (κ1) is 10.3. The van der Waals surface area contributed by atoms with E-state index in [1.807, 2.05) is 0 Å². The number of benzene rings is 1. The number of aliphatic hydroxyl groups excluding tert-OH is 1. The second-order valence-electron chi connectivity index (χ2n) is 2.36. The van der Waals surface area contributed by atoms with Gasteiger partial charge >= 0.3 is 0 Å². The molecule has 0 aromatic heterocycles. The molecule has 1 rings (SSSR count). The summed E-state index contributed by atoms with van der Waals surface area (Å²) >= 11 is 2.93. The molecule has 0 bridgehead atoms. The average molecular weight is 249 g/mol. The highest BCUT2D eigenvalue weighted by molar-refractivity contribution is 9.10. The Bertz CT molecular complexity index is 336. The van der Waals surface area contributed by atoms with Gasteiger partial charge in [-0.3, -0.25) is 0 Å². The summed E-state index contributed by atoms with van der Waals surface area (Å²) in [7, 11) is 0. The summed E-state index contributed by atoms with van der Waals surface area (Å²) in [6, 6.07) is 3.78. The third-order valence-electron chi connectivity index (χ3n) is 1.47. The number of aliphatic hydroxyl groups is 1. The Hall–Kier alpha value is -0.740. The van der Waals surface area contributed by atoms with Crippen molar-refractivity contribution >= 4 is 21.8 Å². The van der Waals surface area contributed by atoms with Crippen LogP contribution < -0.4 is 0 Å². The van der Waals surface area contributed by atoms with E-state index in [0.717, 1.165) is 12.1 Å². The Labute approximate surface area is 82.8 Å². The summed E-state index contributed by atoms with van der Waals surface area (Å²) in [6.07, 6.45) is 1.01. The number of hydrogen-bond acceptors (Lipinski definition) is 1. The topological polar surface area (TPSA) is 20.2 Å². The zero-order valence-electron chi connectivity index (χ0n) is 6.60. The molecule has 0 unspecified atom stereocenters.